The highest BCUT2D eigenvalue weighted by molar-refractivity contribution is 9.10. The number of hydrogen-bond acceptors (Lipinski definition) is 2. The molecule has 1 aromatic heterocycles. The molecule has 14 heavy (non-hydrogen) atoms. The Bertz CT molecular complexity index is 464. The first-order valence-corrected chi connectivity index (χ1v) is 7.43. The second-order valence-corrected chi connectivity index (χ2v) is 6.01. The first kappa shape index (κ1) is 10.8. The predicted molar refractivity (Wildman–Crippen MR) is 70.9 cm³/mol. The lowest BCUT2D eigenvalue weighted by molar-refractivity contribution is 1.46. The highest BCUT2D eigenvalue weighted by Gasteiger charge is 2.05. The van der Waals surface area contributed by atoms with Crippen molar-refractivity contribution in [1.29, 1.82) is 0 Å². The zero-order valence-corrected chi connectivity index (χ0v) is 11.5. The van der Waals surface area contributed by atoms with Crippen molar-refractivity contribution in [1.82, 2.24) is 0 Å². The summed E-state index contributed by atoms with van der Waals surface area (Å²) in [5, 5.41) is 1.29. The quantitative estimate of drug-likeness (QED) is 0.548. The van der Waals surface area contributed by atoms with E-state index in [1.165, 1.54) is 24.3 Å². The van der Waals surface area contributed by atoms with Crippen molar-refractivity contribution in [2.24, 2.45) is 0 Å². The van der Waals surface area contributed by atoms with Crippen LogP contribution in [0.4, 0.5) is 0 Å². The Morgan fingerprint density at radius 2 is 2.21 bits per heavy atom. The predicted octanol–water partition coefficient (Wildman–Crippen LogP) is 5.12. The molecular formula is C10H8BrClS2. The van der Waals surface area contributed by atoms with E-state index in [1.807, 2.05) is 0 Å². The second kappa shape index (κ2) is 4.44. The van der Waals surface area contributed by atoms with E-state index in [4.69, 9.17) is 11.6 Å². The SMILES string of the molecule is CSc1cc2cc(CCl)sc2cc1Br. The van der Waals surface area contributed by atoms with Crippen LogP contribution in [0.2, 0.25) is 0 Å². The van der Waals surface area contributed by atoms with Gasteiger partial charge in [0.15, 0.2) is 0 Å². The van der Waals surface area contributed by atoms with Gasteiger partial charge in [0.25, 0.3) is 0 Å². The van der Waals surface area contributed by atoms with Crippen molar-refractivity contribution in [3.8, 4) is 0 Å². The molecule has 0 aliphatic rings. The number of halogens is 2. The van der Waals surface area contributed by atoms with Crippen molar-refractivity contribution >= 4 is 60.7 Å². The first-order chi connectivity index (χ1) is 6.74. The van der Waals surface area contributed by atoms with Gasteiger partial charge in [-0.05, 0) is 45.8 Å². The molecule has 0 aliphatic heterocycles. The third kappa shape index (κ3) is 1.96. The van der Waals surface area contributed by atoms with Crippen LogP contribution in [-0.2, 0) is 5.88 Å². The van der Waals surface area contributed by atoms with Crippen LogP contribution < -0.4 is 0 Å². The van der Waals surface area contributed by atoms with Crippen LogP contribution in [-0.4, -0.2) is 6.26 Å². The number of alkyl halides is 1. The van der Waals surface area contributed by atoms with Crippen LogP contribution in [0.1, 0.15) is 4.88 Å². The molecule has 0 atom stereocenters. The van der Waals surface area contributed by atoms with Crippen LogP contribution in [0.15, 0.2) is 27.6 Å². The minimum Gasteiger partial charge on any atom is -0.139 e. The maximum Gasteiger partial charge on any atom is 0.0568 e. The summed E-state index contributed by atoms with van der Waals surface area (Å²) in [6.07, 6.45) is 2.08. The van der Waals surface area contributed by atoms with Gasteiger partial charge in [0.05, 0.1) is 5.88 Å². The van der Waals surface area contributed by atoms with Gasteiger partial charge in [-0.1, -0.05) is 0 Å². The van der Waals surface area contributed by atoms with E-state index in [2.05, 4.69) is 40.4 Å². The molecule has 1 heterocycles. The van der Waals surface area contributed by atoms with Gasteiger partial charge in [-0.2, -0.15) is 0 Å². The van der Waals surface area contributed by atoms with Crippen molar-refractivity contribution in [2.45, 2.75) is 10.8 Å². The van der Waals surface area contributed by atoms with Gasteiger partial charge >= 0.3 is 0 Å². The standard InChI is InChI=1S/C10H8BrClS2/c1-13-10-3-6-2-7(5-12)14-9(6)4-8(10)11/h2-4H,5H2,1H3. The lowest BCUT2D eigenvalue weighted by Gasteiger charge is -1.99. The summed E-state index contributed by atoms with van der Waals surface area (Å²) in [5.74, 6) is 0.603. The number of rotatable bonds is 2. The Kier molecular flexibility index (Phi) is 3.42. The van der Waals surface area contributed by atoms with Crippen molar-refractivity contribution in [2.75, 3.05) is 6.26 Å². The molecule has 0 unspecified atom stereocenters. The molecule has 74 valence electrons. The second-order valence-electron chi connectivity index (χ2n) is 2.87. The number of thioether (sulfide) groups is 1. The van der Waals surface area contributed by atoms with E-state index >= 15 is 0 Å². The fraction of sp³-hybridized carbons (Fsp3) is 0.200. The van der Waals surface area contributed by atoms with Crippen LogP contribution >= 0.6 is 50.6 Å². The fourth-order valence-corrected chi connectivity index (χ4v) is 3.97. The molecule has 0 amide bonds. The molecule has 0 spiro atoms. The molecule has 0 radical (unpaired) electrons. The van der Waals surface area contributed by atoms with E-state index in [9.17, 15) is 0 Å². The summed E-state index contributed by atoms with van der Waals surface area (Å²) >= 11 is 12.9. The molecule has 0 saturated carbocycles. The molecule has 2 aromatic rings. The van der Waals surface area contributed by atoms with Gasteiger partial charge in [0.1, 0.15) is 0 Å². The average molecular weight is 308 g/mol. The Hall–Kier alpha value is 0.300. The van der Waals surface area contributed by atoms with Gasteiger partial charge < -0.3 is 0 Å². The lowest BCUT2D eigenvalue weighted by atomic mass is 10.2. The molecule has 4 heteroatoms. The maximum atomic E-state index is 5.81. The molecule has 0 aliphatic carbocycles. The number of thiophene rings is 1. The minimum atomic E-state index is 0.603. The Morgan fingerprint density at radius 1 is 1.43 bits per heavy atom. The summed E-state index contributed by atoms with van der Waals surface area (Å²) in [7, 11) is 0. The highest BCUT2D eigenvalue weighted by atomic mass is 79.9. The normalized spacial score (nSPS) is 11.1. The molecule has 0 bridgehead atoms. The monoisotopic (exact) mass is 306 g/mol. The summed E-state index contributed by atoms with van der Waals surface area (Å²) in [6.45, 7) is 0. The van der Waals surface area contributed by atoms with Crippen LogP contribution in [0.3, 0.4) is 0 Å². The van der Waals surface area contributed by atoms with Gasteiger partial charge in [-0.15, -0.1) is 34.7 Å². The van der Waals surface area contributed by atoms with Gasteiger partial charge in [-0.3, -0.25) is 0 Å². The van der Waals surface area contributed by atoms with E-state index < -0.39 is 0 Å². The van der Waals surface area contributed by atoms with Crippen LogP contribution in [0.25, 0.3) is 10.1 Å². The van der Waals surface area contributed by atoms with Crippen molar-refractivity contribution < 1.29 is 0 Å². The molecular weight excluding hydrogens is 300 g/mol. The van der Waals surface area contributed by atoms with Crippen LogP contribution in [0.5, 0.6) is 0 Å². The van der Waals surface area contributed by atoms with E-state index in [0.29, 0.717) is 5.88 Å². The van der Waals surface area contributed by atoms with Crippen molar-refractivity contribution in [3.63, 3.8) is 0 Å². The Balaban J connectivity index is 2.64. The molecule has 0 N–H and O–H groups in total. The molecule has 0 nitrogen and oxygen atoms in total. The largest absolute Gasteiger partial charge is 0.139 e. The fourth-order valence-electron chi connectivity index (χ4n) is 1.32. The van der Waals surface area contributed by atoms with Gasteiger partial charge in [0, 0.05) is 18.9 Å². The maximum absolute atomic E-state index is 5.81. The van der Waals surface area contributed by atoms with E-state index in [1.54, 1.807) is 23.1 Å². The van der Waals surface area contributed by atoms with E-state index in [0.717, 1.165) is 0 Å². The summed E-state index contributed by atoms with van der Waals surface area (Å²) < 4.78 is 2.46. The first-order valence-electron chi connectivity index (χ1n) is 4.06. The zero-order valence-electron chi connectivity index (χ0n) is 7.51. The summed E-state index contributed by atoms with van der Waals surface area (Å²) in [5.41, 5.74) is 0. The molecule has 0 saturated heterocycles. The number of hydrogen-bond donors (Lipinski definition) is 0. The lowest BCUT2D eigenvalue weighted by Crippen LogP contribution is -1.72. The highest BCUT2D eigenvalue weighted by Crippen LogP contribution is 2.35. The zero-order chi connectivity index (χ0) is 10.1. The third-order valence-corrected chi connectivity index (χ3v) is 5.21. The van der Waals surface area contributed by atoms with E-state index in [-0.39, 0.29) is 0 Å². The Labute approximate surface area is 105 Å². The Morgan fingerprint density at radius 3 is 2.86 bits per heavy atom. The summed E-state index contributed by atoms with van der Waals surface area (Å²) in [6, 6.07) is 6.54. The smallest absolute Gasteiger partial charge is 0.0568 e. The third-order valence-electron chi connectivity index (χ3n) is 1.97. The number of benzene rings is 1. The summed E-state index contributed by atoms with van der Waals surface area (Å²) in [4.78, 5) is 2.50. The molecule has 2 rings (SSSR count). The average Bonchev–Trinajstić information content (AvgIpc) is 2.58. The molecule has 0 fully saturated rings. The minimum absolute atomic E-state index is 0.603. The molecule has 1 aromatic carbocycles. The van der Waals surface area contributed by atoms with Gasteiger partial charge in [-0.25, -0.2) is 0 Å². The van der Waals surface area contributed by atoms with Gasteiger partial charge in [0.2, 0.25) is 0 Å². The number of fused-ring (bicyclic) bond motifs is 1. The topological polar surface area (TPSA) is 0 Å². The van der Waals surface area contributed by atoms with Crippen molar-refractivity contribution in [3.05, 3.63) is 27.5 Å². The van der Waals surface area contributed by atoms with Crippen LogP contribution in [0, 0.1) is 0 Å².